The van der Waals surface area contributed by atoms with E-state index < -0.39 is 0 Å². The number of rotatable bonds is 0. The van der Waals surface area contributed by atoms with Crippen LogP contribution in [0.2, 0.25) is 0 Å². The highest BCUT2D eigenvalue weighted by molar-refractivity contribution is 5.77. The van der Waals surface area contributed by atoms with Gasteiger partial charge in [0.1, 0.15) is 0 Å². The van der Waals surface area contributed by atoms with Crippen molar-refractivity contribution in [1.82, 2.24) is 5.32 Å². The molecule has 0 aromatic heterocycles. The van der Waals surface area contributed by atoms with Crippen LogP contribution in [0.15, 0.2) is 0 Å². The Hall–Kier alpha value is -0.530. The Kier molecular flexibility index (Phi) is 3.17. The third kappa shape index (κ3) is 2.00. The van der Waals surface area contributed by atoms with E-state index in [0.29, 0.717) is 11.3 Å². The molecular weight excluding hydrogens is 258 g/mol. The number of fused-ring (bicyclic) bond motifs is 5. The van der Waals surface area contributed by atoms with Gasteiger partial charge in [0.2, 0.25) is 5.91 Å². The predicted molar refractivity (Wildman–Crippen MR) is 84.8 cm³/mol. The first-order valence-electron chi connectivity index (χ1n) is 9.34. The van der Waals surface area contributed by atoms with Gasteiger partial charge in [0.25, 0.3) is 0 Å². The molecule has 4 rings (SSSR count). The maximum absolute atomic E-state index is 11.9. The number of carbonyl (C=O) groups is 1. The molecule has 2 nitrogen and oxygen atoms in total. The van der Waals surface area contributed by atoms with Crippen LogP contribution in [0.4, 0.5) is 0 Å². The van der Waals surface area contributed by atoms with Crippen LogP contribution in [0.1, 0.15) is 78.1 Å². The molecule has 0 bridgehead atoms. The van der Waals surface area contributed by atoms with Gasteiger partial charge in [0, 0.05) is 12.0 Å². The first-order chi connectivity index (χ1) is 10.0. The highest BCUT2D eigenvalue weighted by atomic mass is 16.1. The van der Waals surface area contributed by atoms with Crippen LogP contribution in [-0.2, 0) is 4.79 Å². The fourth-order valence-corrected chi connectivity index (χ4v) is 6.97. The molecule has 1 heterocycles. The van der Waals surface area contributed by atoms with Crippen LogP contribution in [-0.4, -0.2) is 11.4 Å². The second-order valence-corrected chi connectivity index (χ2v) is 8.95. The van der Waals surface area contributed by atoms with Crippen LogP contribution in [0.5, 0.6) is 0 Å². The summed E-state index contributed by atoms with van der Waals surface area (Å²) in [5.74, 6) is 3.85. The normalized spacial score (nSPS) is 53.1. The van der Waals surface area contributed by atoms with Crippen LogP contribution in [0, 0.1) is 29.1 Å². The fraction of sp³-hybridized carbons (Fsp3) is 0.947. The van der Waals surface area contributed by atoms with Crippen molar-refractivity contribution in [1.29, 1.82) is 0 Å². The molecular formula is C19H31NO. The highest BCUT2D eigenvalue weighted by Crippen LogP contribution is 2.62. The Morgan fingerprint density at radius 1 is 0.952 bits per heavy atom. The minimum atomic E-state index is 0.106. The summed E-state index contributed by atoms with van der Waals surface area (Å²) in [7, 11) is 0. The third-order valence-electron chi connectivity index (χ3n) is 8.08. The van der Waals surface area contributed by atoms with Gasteiger partial charge in [-0.1, -0.05) is 19.8 Å². The molecule has 4 aliphatic rings. The van der Waals surface area contributed by atoms with Crippen molar-refractivity contribution in [2.75, 3.05) is 0 Å². The minimum absolute atomic E-state index is 0.106. The number of hydrogen-bond donors (Lipinski definition) is 1. The van der Waals surface area contributed by atoms with Crippen molar-refractivity contribution in [2.45, 2.75) is 83.6 Å². The lowest BCUT2D eigenvalue weighted by Crippen LogP contribution is -2.63. The van der Waals surface area contributed by atoms with E-state index in [9.17, 15) is 4.79 Å². The van der Waals surface area contributed by atoms with Gasteiger partial charge in [-0.3, -0.25) is 4.79 Å². The summed E-state index contributed by atoms with van der Waals surface area (Å²) in [6.07, 6.45) is 13.2. The lowest BCUT2D eigenvalue weighted by molar-refractivity contribution is -0.138. The van der Waals surface area contributed by atoms with Gasteiger partial charge in [-0.2, -0.15) is 0 Å². The molecule has 1 N–H and O–H groups in total. The molecule has 3 saturated carbocycles. The second kappa shape index (κ2) is 4.73. The molecule has 2 heteroatoms. The van der Waals surface area contributed by atoms with Gasteiger partial charge in [-0.05, 0) is 81.0 Å². The van der Waals surface area contributed by atoms with E-state index in [1.165, 1.54) is 51.4 Å². The number of nitrogens with one attached hydrogen (secondary N) is 1. The van der Waals surface area contributed by atoms with Gasteiger partial charge in [0.05, 0.1) is 0 Å². The zero-order valence-electron chi connectivity index (χ0n) is 13.8. The quantitative estimate of drug-likeness (QED) is 0.708. The first-order valence-corrected chi connectivity index (χ1v) is 9.34. The van der Waals surface area contributed by atoms with Gasteiger partial charge in [-0.25, -0.2) is 0 Å². The predicted octanol–water partition coefficient (Wildman–Crippen LogP) is 4.29. The summed E-state index contributed by atoms with van der Waals surface area (Å²) in [4.78, 5) is 11.9. The molecule has 0 radical (unpaired) electrons. The van der Waals surface area contributed by atoms with E-state index >= 15 is 0 Å². The van der Waals surface area contributed by atoms with Gasteiger partial charge >= 0.3 is 0 Å². The Labute approximate surface area is 129 Å². The SMILES string of the molecule is C[C@]12CCCC[C@@H]1CC[C@@H]1[C@@H]2CC[C@]2(C)NC(=O)CC[C@@H]12. The van der Waals surface area contributed by atoms with E-state index in [2.05, 4.69) is 19.2 Å². The molecule has 0 spiro atoms. The number of carbonyl (C=O) groups excluding carboxylic acids is 1. The van der Waals surface area contributed by atoms with Crippen LogP contribution in [0.25, 0.3) is 0 Å². The monoisotopic (exact) mass is 289 g/mol. The Morgan fingerprint density at radius 2 is 1.81 bits per heavy atom. The van der Waals surface area contributed by atoms with Crippen molar-refractivity contribution >= 4 is 5.91 Å². The topological polar surface area (TPSA) is 29.1 Å². The van der Waals surface area contributed by atoms with Crippen molar-refractivity contribution in [3.63, 3.8) is 0 Å². The summed E-state index contributed by atoms with van der Waals surface area (Å²) in [5.41, 5.74) is 0.721. The molecule has 0 aromatic rings. The van der Waals surface area contributed by atoms with Gasteiger partial charge in [-0.15, -0.1) is 0 Å². The summed E-state index contributed by atoms with van der Waals surface area (Å²) in [6.45, 7) is 4.96. The summed E-state index contributed by atoms with van der Waals surface area (Å²) >= 11 is 0. The van der Waals surface area contributed by atoms with Crippen molar-refractivity contribution < 1.29 is 4.79 Å². The lowest BCUT2D eigenvalue weighted by Gasteiger charge is -2.62. The van der Waals surface area contributed by atoms with Crippen molar-refractivity contribution in [2.24, 2.45) is 29.1 Å². The summed E-state index contributed by atoms with van der Waals surface area (Å²) in [6, 6.07) is 0. The molecule has 6 atom stereocenters. The Balaban J connectivity index is 1.63. The van der Waals surface area contributed by atoms with Crippen molar-refractivity contribution in [3.8, 4) is 0 Å². The Morgan fingerprint density at radius 3 is 2.67 bits per heavy atom. The van der Waals surface area contributed by atoms with E-state index in [4.69, 9.17) is 0 Å². The van der Waals surface area contributed by atoms with E-state index in [1.807, 2.05) is 0 Å². The van der Waals surface area contributed by atoms with Crippen LogP contribution >= 0.6 is 0 Å². The maximum atomic E-state index is 11.9. The summed E-state index contributed by atoms with van der Waals surface area (Å²) < 4.78 is 0. The average molecular weight is 289 g/mol. The molecule has 0 unspecified atom stereocenters. The van der Waals surface area contributed by atoms with E-state index in [-0.39, 0.29) is 5.54 Å². The molecule has 1 saturated heterocycles. The smallest absolute Gasteiger partial charge is 0.220 e. The fourth-order valence-electron chi connectivity index (χ4n) is 6.97. The van der Waals surface area contributed by atoms with E-state index in [1.54, 1.807) is 0 Å². The largest absolute Gasteiger partial charge is 0.351 e. The third-order valence-corrected chi connectivity index (χ3v) is 8.08. The van der Waals surface area contributed by atoms with Gasteiger partial charge < -0.3 is 5.32 Å². The zero-order chi connectivity index (χ0) is 14.7. The molecule has 1 amide bonds. The average Bonchev–Trinajstić information content (AvgIpc) is 2.45. The molecule has 0 aromatic carbocycles. The second-order valence-electron chi connectivity index (χ2n) is 8.95. The van der Waals surface area contributed by atoms with Crippen molar-refractivity contribution in [3.05, 3.63) is 0 Å². The summed E-state index contributed by atoms with van der Waals surface area (Å²) in [5, 5.41) is 3.37. The standard InChI is InChI=1S/C19H31NO/c1-18-11-4-3-5-13(18)6-7-14-15(18)10-12-19(2)16(14)8-9-17(21)20-19/h13-16H,3-12H2,1-2H3,(H,20,21)/t13-,14-,15+,16+,18+,19+/m1/s1. The minimum Gasteiger partial charge on any atom is -0.351 e. The lowest BCUT2D eigenvalue weighted by atomic mass is 9.45. The molecule has 1 aliphatic heterocycles. The highest BCUT2D eigenvalue weighted by Gasteiger charge is 2.57. The molecule has 3 aliphatic carbocycles. The maximum Gasteiger partial charge on any atom is 0.220 e. The first kappa shape index (κ1) is 14.1. The van der Waals surface area contributed by atoms with Crippen LogP contribution < -0.4 is 5.32 Å². The zero-order valence-corrected chi connectivity index (χ0v) is 13.8. The molecule has 21 heavy (non-hydrogen) atoms. The number of piperidine rings is 1. The molecule has 118 valence electrons. The number of amides is 1. The molecule has 4 fully saturated rings. The number of hydrogen-bond acceptors (Lipinski definition) is 1. The van der Waals surface area contributed by atoms with Gasteiger partial charge in [0.15, 0.2) is 0 Å². The van der Waals surface area contributed by atoms with Crippen LogP contribution in [0.3, 0.4) is 0 Å². The Bertz CT molecular complexity index is 447. The van der Waals surface area contributed by atoms with E-state index in [0.717, 1.165) is 36.5 Å².